The highest BCUT2D eigenvalue weighted by Gasteiger charge is 2.10. The van der Waals surface area contributed by atoms with Crippen molar-refractivity contribution in [1.29, 1.82) is 0 Å². The van der Waals surface area contributed by atoms with Crippen LogP contribution in [0, 0.1) is 0 Å². The molecule has 1 unspecified atom stereocenters. The second-order valence-corrected chi connectivity index (χ2v) is 3.45. The molecular weight excluding hydrogens is 134 g/mol. The van der Waals surface area contributed by atoms with E-state index in [0.717, 1.165) is 6.42 Å². The Morgan fingerprint density at radius 1 is 1.33 bits per heavy atom. The van der Waals surface area contributed by atoms with Crippen molar-refractivity contribution < 1.29 is 0 Å². The fourth-order valence-electron chi connectivity index (χ4n) is 1.20. The third-order valence-electron chi connectivity index (χ3n) is 1.88. The number of likely N-dealkylation sites (tertiary alicyclic amines) is 1. The van der Waals surface area contributed by atoms with E-state index in [9.17, 15) is 0 Å². The van der Waals surface area contributed by atoms with Gasteiger partial charge in [0.1, 0.15) is 0 Å². The summed E-state index contributed by atoms with van der Waals surface area (Å²) in [5, 5.41) is 0.440. The molecule has 0 bridgehead atoms. The van der Waals surface area contributed by atoms with Crippen LogP contribution in [0.3, 0.4) is 0 Å². The molecule has 0 aromatic rings. The fourth-order valence-corrected chi connectivity index (χ4v) is 1.45. The van der Waals surface area contributed by atoms with Crippen LogP contribution in [-0.4, -0.2) is 30.4 Å². The molecule has 0 saturated carbocycles. The maximum Gasteiger partial charge on any atom is 0.0348 e. The van der Waals surface area contributed by atoms with Crippen LogP contribution in [-0.2, 0) is 0 Å². The standard InChI is InChI=1S/C7H14ClN/c1-9-5-2-3-7(8)4-6-9/h7H,2-6H2,1H3. The van der Waals surface area contributed by atoms with Crippen molar-refractivity contribution in [3.05, 3.63) is 0 Å². The predicted octanol–water partition coefficient (Wildman–Crippen LogP) is 1.71. The molecule has 9 heavy (non-hydrogen) atoms. The van der Waals surface area contributed by atoms with Crippen molar-refractivity contribution in [2.45, 2.75) is 24.6 Å². The molecule has 0 aromatic heterocycles. The largest absolute Gasteiger partial charge is 0.306 e. The van der Waals surface area contributed by atoms with Gasteiger partial charge in [-0.3, -0.25) is 0 Å². The highest BCUT2D eigenvalue weighted by Crippen LogP contribution is 2.14. The zero-order chi connectivity index (χ0) is 6.69. The number of hydrogen-bond donors (Lipinski definition) is 0. The molecule has 0 spiro atoms. The molecule has 0 aliphatic carbocycles. The van der Waals surface area contributed by atoms with Crippen LogP contribution in [0.4, 0.5) is 0 Å². The van der Waals surface area contributed by atoms with Crippen LogP contribution < -0.4 is 0 Å². The molecule has 1 rings (SSSR count). The molecule has 0 aromatic carbocycles. The first-order valence-corrected chi connectivity index (χ1v) is 4.05. The Kier molecular flexibility index (Phi) is 2.80. The van der Waals surface area contributed by atoms with Gasteiger partial charge in [0.25, 0.3) is 0 Å². The molecule has 0 amide bonds. The van der Waals surface area contributed by atoms with Crippen LogP contribution in [0.15, 0.2) is 0 Å². The quantitative estimate of drug-likeness (QED) is 0.472. The summed E-state index contributed by atoms with van der Waals surface area (Å²) in [7, 11) is 2.16. The van der Waals surface area contributed by atoms with E-state index in [-0.39, 0.29) is 0 Å². The minimum Gasteiger partial charge on any atom is -0.306 e. The number of halogens is 1. The van der Waals surface area contributed by atoms with Crippen molar-refractivity contribution in [2.24, 2.45) is 0 Å². The molecule has 1 aliphatic rings. The monoisotopic (exact) mass is 147 g/mol. The van der Waals surface area contributed by atoms with Crippen molar-refractivity contribution in [2.75, 3.05) is 20.1 Å². The zero-order valence-electron chi connectivity index (χ0n) is 5.94. The van der Waals surface area contributed by atoms with Gasteiger partial charge in [0.2, 0.25) is 0 Å². The molecular formula is C7H14ClN. The fraction of sp³-hybridized carbons (Fsp3) is 1.00. The minimum absolute atomic E-state index is 0.440. The maximum atomic E-state index is 5.96. The second-order valence-electron chi connectivity index (χ2n) is 2.83. The van der Waals surface area contributed by atoms with Gasteiger partial charge in [-0.2, -0.15) is 0 Å². The molecule has 54 valence electrons. The Bertz CT molecular complexity index is 75.0. The molecule has 1 nitrogen and oxygen atoms in total. The lowest BCUT2D eigenvalue weighted by molar-refractivity contribution is 0.349. The number of nitrogens with zero attached hydrogens (tertiary/aromatic N) is 1. The predicted molar refractivity (Wildman–Crippen MR) is 41.0 cm³/mol. The Morgan fingerprint density at radius 2 is 2.11 bits per heavy atom. The van der Waals surface area contributed by atoms with Gasteiger partial charge < -0.3 is 4.90 Å². The van der Waals surface area contributed by atoms with Crippen LogP contribution in [0.25, 0.3) is 0 Å². The molecule has 1 atom stereocenters. The molecule has 1 saturated heterocycles. The van der Waals surface area contributed by atoms with Gasteiger partial charge >= 0.3 is 0 Å². The van der Waals surface area contributed by atoms with Crippen LogP contribution >= 0.6 is 11.6 Å². The Labute approximate surface area is 62.0 Å². The first-order valence-electron chi connectivity index (χ1n) is 3.61. The van der Waals surface area contributed by atoms with E-state index in [0.29, 0.717) is 5.38 Å². The van der Waals surface area contributed by atoms with E-state index < -0.39 is 0 Å². The zero-order valence-corrected chi connectivity index (χ0v) is 6.69. The van der Waals surface area contributed by atoms with Crippen molar-refractivity contribution >= 4 is 11.6 Å². The molecule has 1 aliphatic heterocycles. The molecule has 0 N–H and O–H groups in total. The average Bonchev–Trinajstić information content (AvgIpc) is 1.97. The van der Waals surface area contributed by atoms with Gasteiger partial charge in [0.05, 0.1) is 0 Å². The summed E-state index contributed by atoms with van der Waals surface area (Å²) in [6, 6.07) is 0. The summed E-state index contributed by atoms with van der Waals surface area (Å²) in [6.07, 6.45) is 3.63. The van der Waals surface area contributed by atoms with E-state index >= 15 is 0 Å². The Morgan fingerprint density at radius 3 is 2.89 bits per heavy atom. The van der Waals surface area contributed by atoms with E-state index in [1.165, 1.54) is 25.9 Å². The first-order chi connectivity index (χ1) is 4.29. The van der Waals surface area contributed by atoms with Crippen LogP contribution in [0.5, 0.6) is 0 Å². The van der Waals surface area contributed by atoms with Gasteiger partial charge in [-0.15, -0.1) is 11.6 Å². The normalized spacial score (nSPS) is 32.0. The molecule has 1 fully saturated rings. The summed E-state index contributed by atoms with van der Waals surface area (Å²) in [5.74, 6) is 0. The highest BCUT2D eigenvalue weighted by molar-refractivity contribution is 6.20. The number of hydrogen-bond acceptors (Lipinski definition) is 1. The van der Waals surface area contributed by atoms with Gasteiger partial charge in [-0.1, -0.05) is 0 Å². The Balaban J connectivity index is 2.25. The highest BCUT2D eigenvalue weighted by atomic mass is 35.5. The third-order valence-corrected chi connectivity index (χ3v) is 2.32. The van der Waals surface area contributed by atoms with Crippen molar-refractivity contribution in [1.82, 2.24) is 4.90 Å². The SMILES string of the molecule is CN1CCCC(Cl)CC1. The van der Waals surface area contributed by atoms with Gasteiger partial charge in [0.15, 0.2) is 0 Å². The second kappa shape index (κ2) is 3.43. The summed E-state index contributed by atoms with van der Waals surface area (Å²) in [4.78, 5) is 2.35. The third kappa shape index (κ3) is 2.55. The lowest BCUT2D eigenvalue weighted by atomic mass is 10.2. The van der Waals surface area contributed by atoms with Crippen molar-refractivity contribution in [3.63, 3.8) is 0 Å². The molecule has 0 radical (unpaired) electrons. The van der Waals surface area contributed by atoms with E-state index in [1.807, 2.05) is 0 Å². The molecule has 1 heterocycles. The topological polar surface area (TPSA) is 3.24 Å². The number of rotatable bonds is 0. The summed E-state index contributed by atoms with van der Waals surface area (Å²) < 4.78 is 0. The first kappa shape index (κ1) is 7.36. The van der Waals surface area contributed by atoms with Crippen LogP contribution in [0.2, 0.25) is 0 Å². The minimum atomic E-state index is 0.440. The lowest BCUT2D eigenvalue weighted by Gasteiger charge is -2.10. The number of alkyl halides is 1. The van der Waals surface area contributed by atoms with Gasteiger partial charge in [-0.05, 0) is 39.4 Å². The molecule has 2 heteroatoms. The average molecular weight is 148 g/mol. The van der Waals surface area contributed by atoms with Gasteiger partial charge in [0, 0.05) is 5.38 Å². The smallest absolute Gasteiger partial charge is 0.0348 e. The Hall–Kier alpha value is 0.250. The summed E-state index contributed by atoms with van der Waals surface area (Å²) in [5.41, 5.74) is 0. The van der Waals surface area contributed by atoms with Gasteiger partial charge in [-0.25, -0.2) is 0 Å². The van der Waals surface area contributed by atoms with Crippen LogP contribution in [0.1, 0.15) is 19.3 Å². The van der Waals surface area contributed by atoms with E-state index in [2.05, 4.69) is 11.9 Å². The summed E-state index contributed by atoms with van der Waals surface area (Å²) in [6.45, 7) is 2.40. The lowest BCUT2D eigenvalue weighted by Crippen LogP contribution is -2.18. The van der Waals surface area contributed by atoms with E-state index in [4.69, 9.17) is 11.6 Å². The van der Waals surface area contributed by atoms with Crippen molar-refractivity contribution in [3.8, 4) is 0 Å². The maximum absolute atomic E-state index is 5.96. The summed E-state index contributed by atoms with van der Waals surface area (Å²) >= 11 is 5.96. The van der Waals surface area contributed by atoms with E-state index in [1.54, 1.807) is 0 Å².